The van der Waals surface area contributed by atoms with E-state index in [1.807, 2.05) is 13.0 Å². The number of nitrogens with zero attached hydrogens (tertiary/aromatic N) is 3. The molecule has 7 heteroatoms. The van der Waals surface area contributed by atoms with Crippen molar-refractivity contribution in [2.24, 2.45) is 5.92 Å². The van der Waals surface area contributed by atoms with Crippen molar-refractivity contribution in [3.63, 3.8) is 0 Å². The highest BCUT2D eigenvalue weighted by Gasteiger charge is 2.35. The maximum atomic E-state index is 12.7. The van der Waals surface area contributed by atoms with Crippen molar-refractivity contribution in [3.8, 4) is 5.88 Å². The second kappa shape index (κ2) is 7.78. The fourth-order valence-corrected chi connectivity index (χ4v) is 5.69. The van der Waals surface area contributed by atoms with Crippen LogP contribution in [0.15, 0.2) is 12.4 Å². The predicted octanol–water partition coefficient (Wildman–Crippen LogP) is 2.54. The van der Waals surface area contributed by atoms with Crippen LogP contribution in [0.2, 0.25) is 0 Å². The molecule has 3 rings (SSSR count). The van der Waals surface area contributed by atoms with E-state index in [1.54, 1.807) is 4.31 Å². The van der Waals surface area contributed by atoms with E-state index in [-0.39, 0.29) is 5.25 Å². The highest BCUT2D eigenvalue weighted by Crippen LogP contribution is 2.29. The summed E-state index contributed by atoms with van der Waals surface area (Å²) in [6.07, 6.45) is 8.15. The number of aromatic nitrogens is 2. The zero-order valence-electron chi connectivity index (χ0n) is 14.4. The molecule has 1 aromatic heterocycles. The normalized spacial score (nSPS) is 21.7. The van der Waals surface area contributed by atoms with Gasteiger partial charge in [0.1, 0.15) is 6.33 Å². The third-order valence-electron chi connectivity index (χ3n) is 5.15. The summed E-state index contributed by atoms with van der Waals surface area (Å²) in [6, 6.07) is 1.82. The van der Waals surface area contributed by atoms with Crippen LogP contribution in [0.4, 0.5) is 0 Å². The first-order valence-electron chi connectivity index (χ1n) is 8.96. The minimum absolute atomic E-state index is 0.150. The molecule has 1 aliphatic heterocycles. The van der Waals surface area contributed by atoms with Gasteiger partial charge in [0.2, 0.25) is 15.9 Å². The van der Waals surface area contributed by atoms with Crippen LogP contribution in [0.3, 0.4) is 0 Å². The van der Waals surface area contributed by atoms with Gasteiger partial charge in [-0.2, -0.15) is 0 Å². The zero-order chi connectivity index (χ0) is 17.0. The van der Waals surface area contributed by atoms with E-state index in [2.05, 4.69) is 9.97 Å². The molecule has 0 spiro atoms. The molecule has 0 atom stereocenters. The standard InChI is InChI=1S/C17H27N3O3S/c1-14-11-17(19-13-18-14)23-12-15-7-9-20(10-8-15)24(21,22)16-5-3-2-4-6-16/h11,13,15-16H,2-10,12H2,1H3. The summed E-state index contributed by atoms with van der Waals surface area (Å²) in [5.41, 5.74) is 0.883. The van der Waals surface area contributed by atoms with Crippen LogP contribution in [0.1, 0.15) is 50.6 Å². The van der Waals surface area contributed by atoms with Crippen molar-refractivity contribution in [2.75, 3.05) is 19.7 Å². The first kappa shape index (κ1) is 17.6. The minimum Gasteiger partial charge on any atom is -0.477 e. The Bertz CT molecular complexity index is 636. The predicted molar refractivity (Wildman–Crippen MR) is 92.4 cm³/mol. The van der Waals surface area contributed by atoms with Crippen LogP contribution in [-0.4, -0.2) is 47.6 Å². The van der Waals surface area contributed by atoms with Gasteiger partial charge in [-0.1, -0.05) is 19.3 Å². The Labute approximate surface area is 144 Å². The number of ether oxygens (including phenoxy) is 1. The second-order valence-corrected chi connectivity index (χ2v) is 9.17. The molecule has 2 fully saturated rings. The fourth-order valence-electron chi connectivity index (χ4n) is 3.62. The van der Waals surface area contributed by atoms with Gasteiger partial charge in [0.15, 0.2) is 0 Å². The van der Waals surface area contributed by atoms with Crippen LogP contribution in [0.25, 0.3) is 0 Å². The third kappa shape index (κ3) is 4.25. The SMILES string of the molecule is Cc1cc(OCC2CCN(S(=O)(=O)C3CCCCC3)CC2)ncn1. The van der Waals surface area contributed by atoms with Crippen molar-refractivity contribution in [1.29, 1.82) is 0 Å². The van der Waals surface area contributed by atoms with Crippen molar-refractivity contribution in [1.82, 2.24) is 14.3 Å². The highest BCUT2D eigenvalue weighted by molar-refractivity contribution is 7.89. The number of aryl methyl sites for hydroxylation is 1. The molecule has 6 nitrogen and oxygen atoms in total. The van der Waals surface area contributed by atoms with Gasteiger partial charge in [0.05, 0.1) is 11.9 Å². The molecule has 1 saturated heterocycles. The van der Waals surface area contributed by atoms with E-state index in [0.29, 0.717) is 31.5 Å². The number of rotatable bonds is 5. The lowest BCUT2D eigenvalue weighted by Crippen LogP contribution is -2.44. The molecule has 24 heavy (non-hydrogen) atoms. The maximum absolute atomic E-state index is 12.7. The monoisotopic (exact) mass is 353 g/mol. The smallest absolute Gasteiger partial charge is 0.216 e. The summed E-state index contributed by atoms with van der Waals surface area (Å²) in [5, 5.41) is -0.150. The molecule has 0 amide bonds. The minimum atomic E-state index is -3.11. The quantitative estimate of drug-likeness (QED) is 0.813. The average Bonchev–Trinajstić information content (AvgIpc) is 2.61. The van der Waals surface area contributed by atoms with Crippen LogP contribution in [-0.2, 0) is 10.0 Å². The lowest BCUT2D eigenvalue weighted by atomic mass is 9.99. The van der Waals surface area contributed by atoms with Crippen molar-refractivity contribution < 1.29 is 13.2 Å². The third-order valence-corrected chi connectivity index (χ3v) is 7.55. The number of hydrogen-bond donors (Lipinski definition) is 0. The Morgan fingerprint density at radius 2 is 1.83 bits per heavy atom. The van der Waals surface area contributed by atoms with Crippen LogP contribution in [0, 0.1) is 12.8 Å². The van der Waals surface area contributed by atoms with Gasteiger partial charge in [-0.05, 0) is 38.5 Å². The van der Waals surface area contributed by atoms with Gasteiger partial charge in [0.25, 0.3) is 0 Å². The Balaban J connectivity index is 1.48. The molecule has 1 saturated carbocycles. The summed E-state index contributed by atoms with van der Waals surface area (Å²) in [4.78, 5) is 8.15. The summed E-state index contributed by atoms with van der Waals surface area (Å²) in [5.74, 6) is 0.984. The van der Waals surface area contributed by atoms with Gasteiger partial charge in [-0.3, -0.25) is 0 Å². The van der Waals surface area contributed by atoms with Gasteiger partial charge in [-0.15, -0.1) is 0 Å². The van der Waals surface area contributed by atoms with Crippen molar-refractivity contribution in [2.45, 2.75) is 57.1 Å². The second-order valence-electron chi connectivity index (χ2n) is 6.96. The van der Waals surface area contributed by atoms with Gasteiger partial charge in [0, 0.05) is 24.8 Å². The topological polar surface area (TPSA) is 72.4 Å². The lowest BCUT2D eigenvalue weighted by Gasteiger charge is -2.34. The first-order valence-corrected chi connectivity index (χ1v) is 10.5. The average molecular weight is 353 g/mol. The zero-order valence-corrected chi connectivity index (χ0v) is 15.2. The van der Waals surface area contributed by atoms with E-state index in [4.69, 9.17) is 4.74 Å². The van der Waals surface area contributed by atoms with Gasteiger partial charge < -0.3 is 4.74 Å². The Hall–Kier alpha value is -1.21. The van der Waals surface area contributed by atoms with Crippen LogP contribution >= 0.6 is 0 Å². The van der Waals surface area contributed by atoms with Crippen molar-refractivity contribution in [3.05, 3.63) is 18.1 Å². The van der Waals surface area contributed by atoms with Gasteiger partial charge in [-0.25, -0.2) is 22.7 Å². The molecule has 1 aromatic rings. The summed E-state index contributed by atoms with van der Waals surface area (Å²) in [6.45, 7) is 3.74. The number of hydrogen-bond acceptors (Lipinski definition) is 5. The first-order chi connectivity index (χ1) is 11.6. The van der Waals surface area contributed by atoms with Gasteiger partial charge >= 0.3 is 0 Å². The number of piperidine rings is 1. The molecule has 0 N–H and O–H groups in total. The summed E-state index contributed by atoms with van der Waals surface area (Å²) < 4.78 is 32.9. The molecule has 1 aliphatic carbocycles. The Morgan fingerprint density at radius 1 is 1.12 bits per heavy atom. The molecule has 0 bridgehead atoms. The summed E-state index contributed by atoms with van der Waals surface area (Å²) >= 11 is 0. The van der Waals surface area contributed by atoms with E-state index >= 15 is 0 Å². The molecule has 134 valence electrons. The maximum Gasteiger partial charge on any atom is 0.216 e. The summed E-state index contributed by atoms with van der Waals surface area (Å²) in [7, 11) is -3.11. The van der Waals surface area contributed by atoms with E-state index in [9.17, 15) is 8.42 Å². The van der Waals surface area contributed by atoms with Crippen LogP contribution in [0.5, 0.6) is 5.88 Å². The largest absolute Gasteiger partial charge is 0.477 e. The molecular formula is C17H27N3O3S. The molecular weight excluding hydrogens is 326 g/mol. The van der Waals surface area contributed by atoms with E-state index < -0.39 is 10.0 Å². The van der Waals surface area contributed by atoms with E-state index in [0.717, 1.165) is 44.2 Å². The Kier molecular flexibility index (Phi) is 5.71. The molecule has 2 aliphatic rings. The molecule has 0 radical (unpaired) electrons. The molecule has 0 aromatic carbocycles. The molecule has 2 heterocycles. The van der Waals surface area contributed by atoms with Crippen LogP contribution < -0.4 is 4.74 Å². The highest BCUT2D eigenvalue weighted by atomic mass is 32.2. The lowest BCUT2D eigenvalue weighted by molar-refractivity contribution is 0.179. The van der Waals surface area contributed by atoms with E-state index in [1.165, 1.54) is 12.7 Å². The Morgan fingerprint density at radius 3 is 2.50 bits per heavy atom. The fraction of sp³-hybridized carbons (Fsp3) is 0.765. The van der Waals surface area contributed by atoms with Crippen molar-refractivity contribution >= 4 is 10.0 Å². The molecule has 0 unspecified atom stereocenters. The number of sulfonamides is 1.